The number of rotatable bonds is 8. The third-order valence-electron chi connectivity index (χ3n) is 7.35. The number of ether oxygens (including phenoxy) is 3. The molecule has 5 rings (SSSR count). The van der Waals surface area contributed by atoms with Crippen molar-refractivity contribution in [1.82, 2.24) is 9.80 Å². The van der Waals surface area contributed by atoms with Gasteiger partial charge in [-0.05, 0) is 60.7 Å². The lowest BCUT2D eigenvalue weighted by Crippen LogP contribution is -2.38. The SMILES string of the molecule is COc1ccc(C[C@H]2COc3ccccc3CN2Cc2ccc(OCN3CCCCCC3)cc2)cc1. The molecule has 1 saturated heterocycles. The van der Waals surface area contributed by atoms with E-state index in [1.165, 1.54) is 42.4 Å². The molecule has 5 heteroatoms. The van der Waals surface area contributed by atoms with Crippen LogP contribution in [0.15, 0.2) is 72.8 Å². The molecule has 0 bridgehead atoms. The standard InChI is InChI=1S/C31H38N2O3/c1-34-29-14-10-25(11-15-29)20-28-23-35-31-9-5-4-8-27(31)22-33(28)21-26-12-16-30(17-13-26)36-24-32-18-6-2-3-7-19-32/h4-5,8-17,28H,2-3,6-7,18-24H2,1H3/t28-/m0/s1. The molecule has 2 aliphatic heterocycles. The van der Waals surface area contributed by atoms with Gasteiger partial charge in [0.05, 0.1) is 7.11 Å². The Hall–Kier alpha value is -3.02. The summed E-state index contributed by atoms with van der Waals surface area (Å²) in [5.41, 5.74) is 3.82. The van der Waals surface area contributed by atoms with Crippen molar-refractivity contribution in [3.05, 3.63) is 89.5 Å². The maximum absolute atomic E-state index is 6.27. The van der Waals surface area contributed by atoms with Gasteiger partial charge < -0.3 is 14.2 Å². The maximum atomic E-state index is 6.27. The second-order valence-corrected chi connectivity index (χ2v) is 9.98. The Bertz CT molecular complexity index is 1080. The fraction of sp³-hybridized carbons (Fsp3) is 0.419. The summed E-state index contributed by atoms with van der Waals surface area (Å²) < 4.78 is 17.7. The highest BCUT2D eigenvalue weighted by Crippen LogP contribution is 2.28. The van der Waals surface area contributed by atoms with Gasteiger partial charge in [0.1, 0.15) is 30.6 Å². The van der Waals surface area contributed by atoms with Crippen molar-refractivity contribution < 1.29 is 14.2 Å². The summed E-state index contributed by atoms with van der Waals surface area (Å²) in [6.45, 7) is 5.37. The Morgan fingerprint density at radius 3 is 2.25 bits per heavy atom. The first-order valence-corrected chi connectivity index (χ1v) is 13.3. The van der Waals surface area contributed by atoms with Gasteiger partial charge in [-0.15, -0.1) is 0 Å². The Morgan fingerprint density at radius 2 is 1.50 bits per heavy atom. The lowest BCUT2D eigenvalue weighted by molar-refractivity contribution is 0.129. The topological polar surface area (TPSA) is 34.2 Å². The monoisotopic (exact) mass is 486 g/mol. The Balaban J connectivity index is 1.26. The van der Waals surface area contributed by atoms with Crippen LogP contribution >= 0.6 is 0 Å². The van der Waals surface area contributed by atoms with Crippen molar-refractivity contribution in [2.45, 2.75) is 51.2 Å². The van der Waals surface area contributed by atoms with Crippen molar-refractivity contribution in [3.8, 4) is 17.2 Å². The maximum Gasteiger partial charge on any atom is 0.142 e. The molecule has 0 spiro atoms. The number of nitrogens with zero attached hydrogens (tertiary/aromatic N) is 2. The van der Waals surface area contributed by atoms with Crippen LogP contribution in [0.2, 0.25) is 0 Å². The van der Waals surface area contributed by atoms with E-state index in [1.54, 1.807) is 7.11 Å². The summed E-state index contributed by atoms with van der Waals surface area (Å²) in [5, 5.41) is 0. The first-order valence-electron chi connectivity index (χ1n) is 13.3. The van der Waals surface area contributed by atoms with Gasteiger partial charge >= 0.3 is 0 Å². The van der Waals surface area contributed by atoms with Crippen LogP contribution in [0.3, 0.4) is 0 Å². The average Bonchev–Trinajstić information content (AvgIpc) is 3.28. The highest BCUT2D eigenvalue weighted by Gasteiger charge is 2.25. The average molecular weight is 487 g/mol. The fourth-order valence-electron chi connectivity index (χ4n) is 5.18. The van der Waals surface area contributed by atoms with Gasteiger partial charge in [0.2, 0.25) is 0 Å². The number of fused-ring (bicyclic) bond motifs is 1. The number of hydrogen-bond donors (Lipinski definition) is 0. The van der Waals surface area contributed by atoms with Crippen molar-refractivity contribution in [2.75, 3.05) is 33.5 Å². The molecular weight excluding hydrogens is 448 g/mol. The lowest BCUT2D eigenvalue weighted by Gasteiger charge is -2.29. The van der Waals surface area contributed by atoms with E-state index in [-0.39, 0.29) is 6.04 Å². The Kier molecular flexibility index (Phi) is 8.42. The first kappa shape index (κ1) is 24.7. The molecule has 0 saturated carbocycles. The van der Waals surface area contributed by atoms with Crippen LogP contribution < -0.4 is 14.2 Å². The molecule has 0 aliphatic carbocycles. The van der Waals surface area contributed by atoms with E-state index in [4.69, 9.17) is 14.2 Å². The Morgan fingerprint density at radius 1 is 0.806 bits per heavy atom. The number of hydrogen-bond acceptors (Lipinski definition) is 5. The molecule has 0 aromatic heterocycles. The zero-order valence-electron chi connectivity index (χ0n) is 21.4. The number of benzene rings is 3. The van der Waals surface area contributed by atoms with E-state index in [0.29, 0.717) is 13.3 Å². The van der Waals surface area contributed by atoms with Crippen LogP contribution in [0.1, 0.15) is 42.4 Å². The number of likely N-dealkylation sites (tertiary alicyclic amines) is 1. The molecule has 36 heavy (non-hydrogen) atoms. The summed E-state index contributed by atoms with van der Waals surface area (Å²) in [6.07, 6.45) is 6.17. The molecule has 0 N–H and O–H groups in total. The highest BCUT2D eigenvalue weighted by molar-refractivity contribution is 5.35. The van der Waals surface area contributed by atoms with Gasteiger partial charge in [-0.3, -0.25) is 9.80 Å². The molecule has 1 atom stereocenters. The molecule has 3 aromatic rings. The molecule has 0 unspecified atom stereocenters. The minimum Gasteiger partial charge on any atom is -0.497 e. The summed E-state index contributed by atoms with van der Waals surface area (Å²) in [5.74, 6) is 2.83. The van der Waals surface area contributed by atoms with Gasteiger partial charge in [0.25, 0.3) is 0 Å². The largest absolute Gasteiger partial charge is 0.497 e. The van der Waals surface area contributed by atoms with Gasteiger partial charge in [-0.2, -0.15) is 0 Å². The predicted molar refractivity (Wildman–Crippen MR) is 144 cm³/mol. The van der Waals surface area contributed by atoms with E-state index in [9.17, 15) is 0 Å². The Labute approximate surface area is 215 Å². The van der Waals surface area contributed by atoms with Crippen molar-refractivity contribution in [3.63, 3.8) is 0 Å². The quantitative estimate of drug-likeness (QED) is 0.395. The summed E-state index contributed by atoms with van der Waals surface area (Å²) >= 11 is 0. The molecule has 2 aliphatic rings. The first-order chi connectivity index (χ1) is 17.8. The van der Waals surface area contributed by atoms with Gasteiger partial charge in [-0.1, -0.05) is 55.3 Å². The van der Waals surface area contributed by atoms with Gasteiger partial charge in [-0.25, -0.2) is 0 Å². The van der Waals surface area contributed by atoms with Crippen molar-refractivity contribution in [2.24, 2.45) is 0 Å². The molecular formula is C31H38N2O3. The summed E-state index contributed by atoms with van der Waals surface area (Å²) in [6, 6.07) is 25.7. The minimum atomic E-state index is 0.268. The molecule has 190 valence electrons. The number of methoxy groups -OCH3 is 1. The van der Waals surface area contributed by atoms with Gasteiger partial charge in [0.15, 0.2) is 0 Å². The second-order valence-electron chi connectivity index (χ2n) is 9.98. The molecule has 1 fully saturated rings. The van der Waals surface area contributed by atoms with E-state index in [2.05, 4.69) is 70.5 Å². The molecule has 2 heterocycles. The third-order valence-corrected chi connectivity index (χ3v) is 7.35. The normalized spacial score (nSPS) is 19.0. The molecule has 0 radical (unpaired) electrons. The summed E-state index contributed by atoms with van der Waals surface area (Å²) in [7, 11) is 1.71. The lowest BCUT2D eigenvalue weighted by atomic mass is 10.0. The van der Waals surface area contributed by atoms with Crippen molar-refractivity contribution in [1.29, 1.82) is 0 Å². The van der Waals surface area contributed by atoms with Crippen LogP contribution in [0, 0.1) is 0 Å². The summed E-state index contributed by atoms with van der Waals surface area (Å²) in [4.78, 5) is 4.97. The van der Waals surface area contributed by atoms with Crippen LogP contribution in [0.4, 0.5) is 0 Å². The van der Waals surface area contributed by atoms with Crippen LogP contribution in [0.25, 0.3) is 0 Å². The van der Waals surface area contributed by atoms with Gasteiger partial charge in [0, 0.05) is 37.8 Å². The van der Waals surface area contributed by atoms with Crippen LogP contribution in [0.5, 0.6) is 17.2 Å². The minimum absolute atomic E-state index is 0.268. The predicted octanol–water partition coefficient (Wildman–Crippen LogP) is 5.91. The molecule has 0 amide bonds. The van der Waals surface area contributed by atoms with E-state index in [0.717, 1.165) is 49.8 Å². The van der Waals surface area contributed by atoms with Crippen LogP contribution in [-0.2, 0) is 19.5 Å². The van der Waals surface area contributed by atoms with E-state index >= 15 is 0 Å². The second kappa shape index (κ2) is 12.3. The zero-order valence-corrected chi connectivity index (χ0v) is 21.4. The van der Waals surface area contributed by atoms with Crippen molar-refractivity contribution >= 4 is 0 Å². The van der Waals surface area contributed by atoms with E-state index < -0.39 is 0 Å². The highest BCUT2D eigenvalue weighted by atomic mass is 16.5. The zero-order chi connectivity index (χ0) is 24.6. The van der Waals surface area contributed by atoms with Crippen LogP contribution in [-0.4, -0.2) is 49.4 Å². The number of para-hydroxylation sites is 1. The third kappa shape index (κ3) is 6.59. The smallest absolute Gasteiger partial charge is 0.142 e. The fourth-order valence-corrected chi connectivity index (χ4v) is 5.18. The van der Waals surface area contributed by atoms with E-state index in [1.807, 2.05) is 12.1 Å². The molecule has 5 nitrogen and oxygen atoms in total. The molecule has 3 aromatic carbocycles.